The number of hydrogen-bond donors (Lipinski definition) is 1. The van der Waals surface area contributed by atoms with Crippen molar-refractivity contribution in [2.75, 3.05) is 10.8 Å². The molecular formula is C30H36ClN3O4S. The number of benzene rings is 3. The van der Waals surface area contributed by atoms with E-state index in [0.717, 1.165) is 16.3 Å². The van der Waals surface area contributed by atoms with E-state index in [0.29, 0.717) is 21.8 Å². The molecule has 3 rings (SSSR count). The zero-order valence-corrected chi connectivity index (χ0v) is 24.6. The number of carbonyl (C=O) groups is 2. The van der Waals surface area contributed by atoms with Crippen LogP contribution in [0.25, 0.3) is 0 Å². The Morgan fingerprint density at radius 3 is 2.21 bits per heavy atom. The van der Waals surface area contributed by atoms with Crippen LogP contribution in [0, 0.1) is 13.8 Å². The third-order valence-corrected chi connectivity index (χ3v) is 8.84. The minimum absolute atomic E-state index is 0.0414. The molecule has 0 spiro atoms. The number of amides is 2. The summed E-state index contributed by atoms with van der Waals surface area (Å²) < 4.78 is 28.9. The molecular weight excluding hydrogens is 534 g/mol. The number of anilines is 1. The zero-order valence-electron chi connectivity index (χ0n) is 23.0. The van der Waals surface area contributed by atoms with Gasteiger partial charge in [0.1, 0.15) is 12.6 Å². The Kier molecular flexibility index (Phi) is 10.2. The average Bonchev–Trinajstić information content (AvgIpc) is 2.91. The summed E-state index contributed by atoms with van der Waals surface area (Å²) in [5.74, 6) is -0.852. The number of rotatable bonds is 11. The predicted molar refractivity (Wildman–Crippen MR) is 156 cm³/mol. The summed E-state index contributed by atoms with van der Waals surface area (Å²) in [7, 11) is -4.11. The van der Waals surface area contributed by atoms with Crippen LogP contribution < -0.4 is 9.62 Å². The van der Waals surface area contributed by atoms with Crippen molar-refractivity contribution in [2.24, 2.45) is 0 Å². The highest BCUT2D eigenvalue weighted by molar-refractivity contribution is 7.92. The monoisotopic (exact) mass is 569 g/mol. The second-order valence-corrected chi connectivity index (χ2v) is 12.0. The van der Waals surface area contributed by atoms with Crippen LogP contribution in [0.2, 0.25) is 5.02 Å². The maximum atomic E-state index is 14.0. The lowest BCUT2D eigenvalue weighted by Gasteiger charge is -2.33. The van der Waals surface area contributed by atoms with Crippen molar-refractivity contribution >= 4 is 39.1 Å². The van der Waals surface area contributed by atoms with Crippen LogP contribution in [-0.4, -0.2) is 43.8 Å². The largest absolute Gasteiger partial charge is 0.352 e. The van der Waals surface area contributed by atoms with Gasteiger partial charge in [-0.3, -0.25) is 13.9 Å². The molecule has 0 unspecified atom stereocenters. The molecule has 2 amide bonds. The van der Waals surface area contributed by atoms with Crippen molar-refractivity contribution in [3.05, 3.63) is 94.5 Å². The van der Waals surface area contributed by atoms with Gasteiger partial charge in [0.25, 0.3) is 10.0 Å². The van der Waals surface area contributed by atoms with Gasteiger partial charge in [0.2, 0.25) is 11.8 Å². The van der Waals surface area contributed by atoms with Crippen LogP contribution in [0.3, 0.4) is 0 Å². The van der Waals surface area contributed by atoms with Crippen LogP contribution in [0.5, 0.6) is 0 Å². The van der Waals surface area contributed by atoms with Gasteiger partial charge in [-0.25, -0.2) is 8.42 Å². The molecule has 208 valence electrons. The quantitative estimate of drug-likeness (QED) is 0.331. The van der Waals surface area contributed by atoms with Crippen LogP contribution in [0.4, 0.5) is 5.69 Å². The smallest absolute Gasteiger partial charge is 0.264 e. The Hall–Kier alpha value is -3.36. The van der Waals surface area contributed by atoms with E-state index in [9.17, 15) is 18.0 Å². The van der Waals surface area contributed by atoms with Crippen LogP contribution in [-0.2, 0) is 26.2 Å². The van der Waals surface area contributed by atoms with Crippen LogP contribution in [0.1, 0.15) is 43.9 Å². The minimum atomic E-state index is -4.11. The number of aryl methyl sites for hydroxylation is 2. The van der Waals surface area contributed by atoms with Crippen molar-refractivity contribution in [3.8, 4) is 0 Å². The van der Waals surface area contributed by atoms with Gasteiger partial charge in [-0.1, -0.05) is 72.6 Å². The lowest BCUT2D eigenvalue weighted by molar-refractivity contribution is -0.139. The zero-order chi connectivity index (χ0) is 28.7. The fraction of sp³-hybridized carbons (Fsp3) is 0.333. The third kappa shape index (κ3) is 7.40. The number of hydrogen-bond acceptors (Lipinski definition) is 4. The molecule has 0 aliphatic heterocycles. The van der Waals surface area contributed by atoms with E-state index in [4.69, 9.17) is 11.6 Å². The van der Waals surface area contributed by atoms with Crippen LogP contribution in [0.15, 0.2) is 77.7 Å². The summed E-state index contributed by atoms with van der Waals surface area (Å²) in [4.78, 5) is 28.6. The maximum Gasteiger partial charge on any atom is 0.264 e. The predicted octanol–water partition coefficient (Wildman–Crippen LogP) is 5.48. The third-order valence-electron chi connectivity index (χ3n) is 6.70. The van der Waals surface area contributed by atoms with Gasteiger partial charge in [0.15, 0.2) is 0 Å². The lowest BCUT2D eigenvalue weighted by Crippen LogP contribution is -2.52. The fourth-order valence-corrected chi connectivity index (χ4v) is 5.87. The van der Waals surface area contributed by atoms with E-state index in [1.54, 1.807) is 55.5 Å². The van der Waals surface area contributed by atoms with Crippen molar-refractivity contribution in [1.29, 1.82) is 0 Å². The molecule has 7 nitrogen and oxygen atoms in total. The second-order valence-electron chi connectivity index (χ2n) is 9.72. The molecule has 0 bridgehead atoms. The molecule has 0 heterocycles. The number of carbonyl (C=O) groups excluding carboxylic acids is 2. The highest BCUT2D eigenvalue weighted by Crippen LogP contribution is 2.28. The first kappa shape index (κ1) is 30.2. The van der Waals surface area contributed by atoms with Crippen molar-refractivity contribution in [2.45, 2.75) is 64.6 Å². The Morgan fingerprint density at radius 2 is 1.59 bits per heavy atom. The van der Waals surface area contributed by atoms with Crippen LogP contribution >= 0.6 is 11.6 Å². The van der Waals surface area contributed by atoms with E-state index in [-0.39, 0.29) is 23.4 Å². The first-order valence-corrected chi connectivity index (χ1v) is 14.8. The summed E-state index contributed by atoms with van der Waals surface area (Å²) >= 11 is 6.41. The number of nitrogens with zero attached hydrogens (tertiary/aromatic N) is 2. The van der Waals surface area contributed by atoms with Gasteiger partial charge in [-0.15, -0.1) is 0 Å². The highest BCUT2D eigenvalue weighted by atomic mass is 35.5. The molecule has 0 fully saturated rings. The van der Waals surface area contributed by atoms with Gasteiger partial charge < -0.3 is 10.2 Å². The number of nitrogens with one attached hydrogen (secondary N) is 1. The Morgan fingerprint density at radius 1 is 0.949 bits per heavy atom. The summed E-state index contributed by atoms with van der Waals surface area (Å²) in [6, 6.07) is 19.5. The molecule has 0 aromatic heterocycles. The van der Waals surface area contributed by atoms with Gasteiger partial charge in [0, 0.05) is 17.6 Å². The normalized spacial score (nSPS) is 12.9. The fourth-order valence-electron chi connectivity index (χ4n) is 4.18. The molecule has 0 saturated carbocycles. The molecule has 9 heteroatoms. The summed E-state index contributed by atoms with van der Waals surface area (Å²) in [6.07, 6.45) is 0.729. The Labute approximate surface area is 236 Å². The Balaban J connectivity index is 2.06. The molecule has 0 aliphatic rings. The van der Waals surface area contributed by atoms with Crippen molar-refractivity contribution in [1.82, 2.24) is 10.2 Å². The van der Waals surface area contributed by atoms with E-state index in [1.807, 2.05) is 39.8 Å². The molecule has 3 aromatic carbocycles. The maximum absolute atomic E-state index is 14.0. The van der Waals surface area contributed by atoms with E-state index < -0.39 is 28.5 Å². The van der Waals surface area contributed by atoms with E-state index >= 15 is 0 Å². The highest BCUT2D eigenvalue weighted by Gasteiger charge is 2.33. The van der Waals surface area contributed by atoms with Gasteiger partial charge in [-0.2, -0.15) is 0 Å². The standard InChI is InChI=1S/C30H36ClN3O4S/c1-6-23(4)32-30(36)24(5)33(19-25-12-10-11-15-27(25)31)29(35)20-34(28-17-16-21(2)18-22(28)3)39(37,38)26-13-8-7-9-14-26/h7-18,23-24H,6,19-20H2,1-5H3,(H,32,36)/t23-,24+/m1/s1. The Bertz CT molecular complexity index is 1410. The molecule has 0 aliphatic carbocycles. The molecule has 39 heavy (non-hydrogen) atoms. The SMILES string of the molecule is CC[C@@H](C)NC(=O)[C@H](C)N(Cc1ccccc1Cl)C(=O)CN(c1ccc(C)cc1C)S(=O)(=O)c1ccccc1. The molecule has 0 radical (unpaired) electrons. The van der Waals surface area contributed by atoms with Gasteiger partial charge in [0.05, 0.1) is 10.6 Å². The summed E-state index contributed by atoms with van der Waals surface area (Å²) in [5, 5.41) is 3.38. The molecule has 1 N–H and O–H groups in total. The van der Waals surface area contributed by atoms with Crippen molar-refractivity contribution in [3.63, 3.8) is 0 Å². The average molecular weight is 570 g/mol. The van der Waals surface area contributed by atoms with E-state index in [1.165, 1.54) is 17.0 Å². The van der Waals surface area contributed by atoms with Gasteiger partial charge >= 0.3 is 0 Å². The lowest BCUT2D eigenvalue weighted by atomic mass is 10.1. The first-order chi connectivity index (χ1) is 18.4. The van der Waals surface area contributed by atoms with Crippen molar-refractivity contribution < 1.29 is 18.0 Å². The van der Waals surface area contributed by atoms with E-state index in [2.05, 4.69) is 5.32 Å². The first-order valence-electron chi connectivity index (χ1n) is 12.9. The molecule has 3 aromatic rings. The summed E-state index contributed by atoms with van der Waals surface area (Å²) in [5.41, 5.74) is 2.73. The second kappa shape index (κ2) is 13.1. The summed E-state index contributed by atoms with van der Waals surface area (Å²) in [6.45, 7) is 8.76. The number of halogens is 1. The molecule has 0 saturated heterocycles. The topological polar surface area (TPSA) is 86.8 Å². The minimum Gasteiger partial charge on any atom is -0.352 e. The number of sulfonamides is 1. The molecule has 2 atom stereocenters. The van der Waals surface area contributed by atoms with Gasteiger partial charge in [-0.05, 0) is 69.5 Å².